The Morgan fingerprint density at radius 2 is 1.97 bits per heavy atom. The van der Waals surface area contributed by atoms with Crippen LogP contribution < -0.4 is 5.32 Å². The summed E-state index contributed by atoms with van der Waals surface area (Å²) in [5.74, 6) is -0.138. The highest BCUT2D eigenvalue weighted by molar-refractivity contribution is 5.92. The molecule has 0 bridgehead atoms. The van der Waals surface area contributed by atoms with E-state index in [0.717, 1.165) is 22.5 Å². The molecule has 2 aromatic heterocycles. The number of hydrogen-bond acceptors (Lipinski definition) is 5. The maximum atomic E-state index is 12.9. The minimum absolute atomic E-state index is 0.0942. The van der Waals surface area contributed by atoms with Crippen molar-refractivity contribution >= 4 is 11.8 Å². The van der Waals surface area contributed by atoms with Gasteiger partial charge in [-0.25, -0.2) is 4.98 Å². The molecular weight excluding hydrogens is 416 g/mol. The Morgan fingerprint density at radius 3 is 2.70 bits per heavy atom. The van der Waals surface area contributed by atoms with Gasteiger partial charge in [0.2, 0.25) is 5.91 Å². The summed E-state index contributed by atoms with van der Waals surface area (Å²) >= 11 is 0. The fourth-order valence-electron chi connectivity index (χ4n) is 3.85. The highest BCUT2D eigenvalue weighted by Gasteiger charge is 2.26. The van der Waals surface area contributed by atoms with Gasteiger partial charge >= 0.3 is 0 Å². The fraction of sp³-hybridized carbons (Fsp3) is 0.308. The second-order valence-electron chi connectivity index (χ2n) is 8.25. The predicted octanol–water partition coefficient (Wildman–Crippen LogP) is 3.26. The van der Waals surface area contributed by atoms with Crippen LogP contribution in [0.25, 0.3) is 11.3 Å². The van der Waals surface area contributed by atoms with Gasteiger partial charge in [-0.3, -0.25) is 14.6 Å². The molecule has 1 aliphatic heterocycles. The van der Waals surface area contributed by atoms with E-state index < -0.39 is 0 Å². The average Bonchev–Trinajstić information content (AvgIpc) is 2.86. The highest BCUT2D eigenvalue weighted by atomic mass is 16.5. The molecule has 0 aliphatic carbocycles. The number of nitrogens with zero attached hydrogens (tertiary/aromatic N) is 3. The largest absolute Gasteiger partial charge is 0.368 e. The van der Waals surface area contributed by atoms with Gasteiger partial charge in [-0.15, -0.1) is 0 Å². The van der Waals surface area contributed by atoms with Crippen LogP contribution in [0.1, 0.15) is 39.0 Å². The van der Waals surface area contributed by atoms with Gasteiger partial charge in [-0.2, -0.15) is 0 Å². The summed E-state index contributed by atoms with van der Waals surface area (Å²) in [6, 6.07) is 15.4. The van der Waals surface area contributed by atoms with Crippen LogP contribution in [0.4, 0.5) is 0 Å². The first-order valence-electron chi connectivity index (χ1n) is 11.1. The summed E-state index contributed by atoms with van der Waals surface area (Å²) in [5.41, 5.74) is 6.12. The number of rotatable bonds is 5. The number of aromatic nitrogens is 2. The molecule has 2 amide bonds. The lowest BCUT2D eigenvalue weighted by Crippen LogP contribution is -2.43. The predicted molar refractivity (Wildman–Crippen MR) is 126 cm³/mol. The Labute approximate surface area is 193 Å². The van der Waals surface area contributed by atoms with Crippen molar-refractivity contribution < 1.29 is 14.3 Å². The van der Waals surface area contributed by atoms with Crippen molar-refractivity contribution in [3.05, 3.63) is 82.8 Å². The number of aryl methyl sites for hydroxylation is 2. The van der Waals surface area contributed by atoms with Crippen LogP contribution in [0.3, 0.4) is 0 Å². The number of morpholine rings is 1. The minimum atomic E-state index is -0.291. The number of pyridine rings is 2. The molecule has 7 heteroatoms. The first-order chi connectivity index (χ1) is 15.9. The van der Waals surface area contributed by atoms with Crippen molar-refractivity contribution in [3.63, 3.8) is 0 Å². The Balaban J connectivity index is 1.46. The maximum Gasteiger partial charge on any atom is 0.269 e. The van der Waals surface area contributed by atoms with Crippen LogP contribution in [0, 0.1) is 13.8 Å². The van der Waals surface area contributed by atoms with Crippen molar-refractivity contribution in [2.45, 2.75) is 26.4 Å². The summed E-state index contributed by atoms with van der Waals surface area (Å²) in [6.45, 7) is 5.64. The molecule has 1 aliphatic rings. The molecule has 33 heavy (non-hydrogen) atoms. The zero-order valence-corrected chi connectivity index (χ0v) is 19.2. The summed E-state index contributed by atoms with van der Waals surface area (Å²) in [7, 11) is 1.57. The molecule has 3 heterocycles. The number of carbonyl (C=O) groups is 2. The van der Waals surface area contributed by atoms with Gasteiger partial charge in [0.05, 0.1) is 31.0 Å². The summed E-state index contributed by atoms with van der Waals surface area (Å²) < 4.78 is 5.96. The number of amides is 2. The standard InChI is InChI=1S/C26H28N4O3/c1-17-7-8-19(13-18(17)2)14-25(31)30-11-12-33-24(16-30)22-6-4-5-21(29-22)20-9-10-23(28-15-20)26(32)27-3/h4-10,13,15,24H,11-12,14,16H2,1-3H3,(H,27,32)/t24-/m0/s1. The van der Waals surface area contributed by atoms with E-state index in [-0.39, 0.29) is 17.9 Å². The van der Waals surface area contributed by atoms with Crippen LogP contribution in [0.5, 0.6) is 0 Å². The molecule has 1 N–H and O–H groups in total. The highest BCUT2D eigenvalue weighted by Crippen LogP contribution is 2.24. The Bertz CT molecular complexity index is 1160. The molecule has 1 fully saturated rings. The van der Waals surface area contributed by atoms with Gasteiger partial charge in [0.1, 0.15) is 11.8 Å². The van der Waals surface area contributed by atoms with Crippen molar-refractivity contribution in [2.24, 2.45) is 0 Å². The zero-order valence-electron chi connectivity index (χ0n) is 19.2. The molecule has 0 spiro atoms. The quantitative estimate of drug-likeness (QED) is 0.653. The lowest BCUT2D eigenvalue weighted by molar-refractivity contribution is -0.138. The average molecular weight is 445 g/mol. The zero-order chi connectivity index (χ0) is 23.4. The van der Waals surface area contributed by atoms with Crippen molar-refractivity contribution in [1.29, 1.82) is 0 Å². The topological polar surface area (TPSA) is 84.4 Å². The van der Waals surface area contributed by atoms with Crippen molar-refractivity contribution in [1.82, 2.24) is 20.2 Å². The van der Waals surface area contributed by atoms with E-state index in [2.05, 4.69) is 36.3 Å². The molecule has 1 aromatic carbocycles. The van der Waals surface area contributed by atoms with E-state index in [1.807, 2.05) is 35.2 Å². The number of hydrogen-bond donors (Lipinski definition) is 1. The first-order valence-corrected chi connectivity index (χ1v) is 11.1. The third-order valence-electron chi connectivity index (χ3n) is 5.97. The van der Waals surface area contributed by atoms with E-state index in [1.165, 1.54) is 11.1 Å². The molecule has 0 saturated carbocycles. The van der Waals surface area contributed by atoms with Gasteiger partial charge in [-0.05, 0) is 54.8 Å². The third-order valence-corrected chi connectivity index (χ3v) is 5.97. The molecule has 1 atom stereocenters. The summed E-state index contributed by atoms with van der Waals surface area (Å²) in [4.78, 5) is 35.5. The molecule has 1 saturated heterocycles. The second-order valence-corrected chi connectivity index (χ2v) is 8.25. The number of benzene rings is 1. The summed E-state index contributed by atoms with van der Waals surface area (Å²) in [6.07, 6.45) is 1.73. The van der Waals surface area contributed by atoms with Crippen molar-refractivity contribution in [2.75, 3.05) is 26.7 Å². The molecular formula is C26H28N4O3. The van der Waals surface area contributed by atoms with Gasteiger partial charge < -0.3 is 15.0 Å². The SMILES string of the molecule is CNC(=O)c1ccc(-c2cccc([C@@H]3CN(C(=O)Cc4ccc(C)c(C)c4)CCO3)n2)cn1. The van der Waals surface area contributed by atoms with E-state index in [9.17, 15) is 9.59 Å². The first kappa shape index (κ1) is 22.6. The van der Waals surface area contributed by atoms with Gasteiger partial charge in [0.25, 0.3) is 5.91 Å². The smallest absolute Gasteiger partial charge is 0.269 e. The van der Waals surface area contributed by atoms with E-state index in [4.69, 9.17) is 9.72 Å². The Morgan fingerprint density at radius 1 is 1.12 bits per heavy atom. The molecule has 7 nitrogen and oxygen atoms in total. The maximum absolute atomic E-state index is 12.9. The fourth-order valence-corrected chi connectivity index (χ4v) is 3.85. The van der Waals surface area contributed by atoms with Gasteiger partial charge in [0.15, 0.2) is 0 Å². The van der Waals surface area contributed by atoms with Crippen LogP contribution in [0.15, 0.2) is 54.7 Å². The molecule has 0 radical (unpaired) electrons. The second kappa shape index (κ2) is 9.92. The Kier molecular flexibility index (Phi) is 6.79. The van der Waals surface area contributed by atoms with E-state index >= 15 is 0 Å². The van der Waals surface area contributed by atoms with E-state index in [1.54, 1.807) is 19.3 Å². The molecule has 4 rings (SSSR count). The summed E-state index contributed by atoms with van der Waals surface area (Å²) in [5, 5.41) is 2.56. The van der Waals surface area contributed by atoms with Crippen LogP contribution >= 0.6 is 0 Å². The minimum Gasteiger partial charge on any atom is -0.368 e. The number of carbonyl (C=O) groups excluding carboxylic acids is 2. The van der Waals surface area contributed by atoms with Gasteiger partial charge in [0, 0.05) is 25.4 Å². The normalized spacial score (nSPS) is 15.8. The van der Waals surface area contributed by atoms with Gasteiger partial charge in [-0.1, -0.05) is 24.3 Å². The van der Waals surface area contributed by atoms with E-state index in [0.29, 0.717) is 31.8 Å². The van der Waals surface area contributed by atoms with Crippen molar-refractivity contribution in [3.8, 4) is 11.3 Å². The third kappa shape index (κ3) is 5.26. The monoisotopic (exact) mass is 444 g/mol. The lowest BCUT2D eigenvalue weighted by Gasteiger charge is -2.33. The van der Waals surface area contributed by atoms with Crippen LogP contribution in [-0.4, -0.2) is 53.4 Å². The van der Waals surface area contributed by atoms with Crippen LogP contribution in [0.2, 0.25) is 0 Å². The number of nitrogens with one attached hydrogen (secondary N) is 1. The molecule has 170 valence electrons. The lowest BCUT2D eigenvalue weighted by atomic mass is 10.0. The Hall–Kier alpha value is -3.58. The number of ether oxygens (including phenoxy) is 1. The molecule has 0 unspecified atom stereocenters. The molecule has 3 aromatic rings. The van der Waals surface area contributed by atoms with Crippen LogP contribution in [-0.2, 0) is 16.0 Å².